The summed E-state index contributed by atoms with van der Waals surface area (Å²) in [4.78, 5) is 35.7. The summed E-state index contributed by atoms with van der Waals surface area (Å²) in [5.41, 5.74) is 0. The van der Waals surface area contributed by atoms with E-state index in [2.05, 4.69) is 19.2 Å². The van der Waals surface area contributed by atoms with E-state index in [0.29, 0.717) is 13.0 Å². The molecule has 0 fully saturated rings. The number of hydrogen-bond donors (Lipinski definition) is 2. The largest absolute Gasteiger partial charge is 0.481 e. The summed E-state index contributed by atoms with van der Waals surface area (Å²) in [5.74, 6) is -1.69. The maximum absolute atomic E-state index is 12.4. The molecule has 1 unspecified atom stereocenters. The normalized spacial score (nSPS) is 11.8. The van der Waals surface area contributed by atoms with Gasteiger partial charge in [0, 0.05) is 12.8 Å². The number of aliphatic carboxylic acids is 1. The van der Waals surface area contributed by atoms with Crippen LogP contribution in [-0.2, 0) is 19.1 Å². The predicted octanol–water partition coefficient (Wildman–Crippen LogP) is 7.72. The molecule has 0 bridgehead atoms. The quantitative estimate of drug-likeness (QED) is 0.0942. The molecule has 206 valence electrons. The van der Waals surface area contributed by atoms with Crippen LogP contribution in [0.5, 0.6) is 0 Å². The number of unbranched alkanes of at least 4 members (excludes halogenated alkanes) is 17. The summed E-state index contributed by atoms with van der Waals surface area (Å²) < 4.78 is 5.36. The van der Waals surface area contributed by atoms with Gasteiger partial charge in [0.2, 0.25) is 5.91 Å². The molecule has 0 heterocycles. The minimum Gasteiger partial charge on any atom is -0.481 e. The van der Waals surface area contributed by atoms with Crippen LogP contribution in [0.1, 0.15) is 155 Å². The molecule has 0 aliphatic rings. The second-order valence-electron chi connectivity index (χ2n) is 9.98. The summed E-state index contributed by atoms with van der Waals surface area (Å²) in [6.45, 7) is 4.77. The molecule has 6 nitrogen and oxygen atoms in total. The average Bonchev–Trinajstić information content (AvgIpc) is 2.83. The van der Waals surface area contributed by atoms with Crippen LogP contribution in [0.15, 0.2) is 0 Å². The Bertz CT molecular complexity index is 523. The van der Waals surface area contributed by atoms with E-state index in [1.165, 1.54) is 83.5 Å². The van der Waals surface area contributed by atoms with Crippen molar-refractivity contribution in [3.05, 3.63) is 0 Å². The number of carboxylic acids is 1. The lowest BCUT2D eigenvalue weighted by Gasteiger charge is -2.17. The Kier molecular flexibility index (Phi) is 24.3. The number of carboxylic acid groups (broad SMARTS) is 1. The number of rotatable bonds is 26. The van der Waals surface area contributed by atoms with Crippen molar-refractivity contribution in [1.82, 2.24) is 5.32 Å². The molecule has 0 saturated heterocycles. The zero-order valence-corrected chi connectivity index (χ0v) is 22.9. The van der Waals surface area contributed by atoms with Crippen LogP contribution in [0.4, 0.5) is 0 Å². The van der Waals surface area contributed by atoms with Gasteiger partial charge in [0.05, 0.1) is 6.61 Å². The van der Waals surface area contributed by atoms with Crippen molar-refractivity contribution in [3.8, 4) is 0 Å². The van der Waals surface area contributed by atoms with E-state index in [1.807, 2.05) is 0 Å². The van der Waals surface area contributed by atoms with Gasteiger partial charge in [-0.3, -0.25) is 9.59 Å². The van der Waals surface area contributed by atoms with Crippen LogP contribution in [0.2, 0.25) is 0 Å². The van der Waals surface area contributed by atoms with Crippen LogP contribution < -0.4 is 5.32 Å². The van der Waals surface area contributed by atoms with Crippen LogP contribution in [0.25, 0.3) is 0 Å². The van der Waals surface area contributed by atoms with Crippen LogP contribution >= 0.6 is 0 Å². The fraction of sp³-hybridized carbons (Fsp3) is 0.897. The molecular formula is C29H55NO5. The van der Waals surface area contributed by atoms with E-state index in [0.717, 1.165) is 38.5 Å². The Morgan fingerprint density at radius 1 is 0.629 bits per heavy atom. The molecule has 0 aliphatic carbocycles. The third-order valence-electron chi connectivity index (χ3n) is 6.52. The highest BCUT2D eigenvalue weighted by atomic mass is 16.5. The first-order valence-corrected chi connectivity index (χ1v) is 14.7. The van der Waals surface area contributed by atoms with Crippen molar-refractivity contribution in [2.24, 2.45) is 0 Å². The zero-order valence-electron chi connectivity index (χ0n) is 22.9. The highest BCUT2D eigenvalue weighted by Gasteiger charge is 2.23. The predicted molar refractivity (Wildman–Crippen MR) is 143 cm³/mol. The summed E-state index contributed by atoms with van der Waals surface area (Å²) in [6, 6.07) is -0.875. The molecule has 0 saturated carbocycles. The number of carbonyl (C=O) groups is 3. The molecule has 0 aliphatic heterocycles. The van der Waals surface area contributed by atoms with Crippen molar-refractivity contribution in [2.75, 3.05) is 6.61 Å². The fourth-order valence-corrected chi connectivity index (χ4v) is 4.24. The van der Waals surface area contributed by atoms with Gasteiger partial charge in [-0.15, -0.1) is 0 Å². The maximum atomic E-state index is 12.4. The Hall–Kier alpha value is -1.59. The Labute approximate surface area is 215 Å². The molecule has 6 heteroatoms. The summed E-state index contributed by atoms with van der Waals surface area (Å²) in [6.07, 6.45) is 22.9. The number of esters is 1. The fourth-order valence-electron chi connectivity index (χ4n) is 4.24. The van der Waals surface area contributed by atoms with Gasteiger partial charge in [-0.05, 0) is 19.3 Å². The lowest BCUT2D eigenvalue weighted by Crippen LogP contribution is -2.42. The van der Waals surface area contributed by atoms with Crippen molar-refractivity contribution in [2.45, 2.75) is 161 Å². The number of ether oxygens (including phenoxy) is 1. The summed E-state index contributed by atoms with van der Waals surface area (Å²) in [7, 11) is 0. The van der Waals surface area contributed by atoms with Gasteiger partial charge in [0.15, 0.2) is 0 Å². The third-order valence-corrected chi connectivity index (χ3v) is 6.52. The lowest BCUT2D eigenvalue weighted by molar-refractivity contribution is -0.148. The van der Waals surface area contributed by atoms with Gasteiger partial charge in [-0.1, -0.05) is 123 Å². The smallest absolute Gasteiger partial charge is 0.328 e. The zero-order chi connectivity index (χ0) is 26.0. The monoisotopic (exact) mass is 497 g/mol. The van der Waals surface area contributed by atoms with Crippen molar-refractivity contribution in [3.63, 3.8) is 0 Å². The molecular weight excluding hydrogens is 442 g/mol. The number of nitrogens with one attached hydrogen (secondary N) is 1. The highest BCUT2D eigenvalue weighted by molar-refractivity contribution is 5.84. The van der Waals surface area contributed by atoms with Gasteiger partial charge >= 0.3 is 11.9 Å². The molecule has 0 rings (SSSR count). The van der Waals surface area contributed by atoms with Gasteiger partial charge in [-0.2, -0.15) is 0 Å². The van der Waals surface area contributed by atoms with E-state index >= 15 is 0 Å². The van der Waals surface area contributed by atoms with Gasteiger partial charge in [-0.25, -0.2) is 4.79 Å². The van der Waals surface area contributed by atoms with Gasteiger partial charge in [0.25, 0.3) is 0 Å². The second kappa shape index (κ2) is 25.5. The number of carbonyl (C=O) groups excluding carboxylic acids is 2. The van der Waals surface area contributed by atoms with Crippen molar-refractivity contribution >= 4 is 17.8 Å². The van der Waals surface area contributed by atoms with Crippen molar-refractivity contribution in [1.29, 1.82) is 0 Å². The van der Waals surface area contributed by atoms with Crippen LogP contribution in [0.3, 0.4) is 0 Å². The minimum atomic E-state index is -0.981. The van der Waals surface area contributed by atoms with E-state index in [4.69, 9.17) is 9.84 Å². The molecule has 0 aromatic carbocycles. The van der Waals surface area contributed by atoms with Gasteiger partial charge in [0.1, 0.15) is 6.04 Å². The molecule has 1 amide bonds. The third kappa shape index (κ3) is 23.9. The first-order valence-electron chi connectivity index (χ1n) is 14.7. The molecule has 1 atom stereocenters. The maximum Gasteiger partial charge on any atom is 0.328 e. The van der Waals surface area contributed by atoms with Crippen LogP contribution in [0, 0.1) is 0 Å². The number of hydrogen-bond acceptors (Lipinski definition) is 4. The average molecular weight is 498 g/mol. The van der Waals surface area contributed by atoms with Gasteiger partial charge < -0.3 is 15.2 Å². The standard InChI is InChI=1S/C29H55NO5/c1-3-5-7-9-11-13-15-17-19-21-25-35-29(34)26(23-24-28(32)33)30-27(31)22-20-18-16-14-12-10-8-6-4-2/h26H,3-25H2,1-2H3,(H,30,31)(H,32,33). The highest BCUT2D eigenvalue weighted by Crippen LogP contribution is 2.12. The minimum absolute atomic E-state index is 0.0652. The van der Waals surface area contributed by atoms with E-state index in [1.54, 1.807) is 0 Å². The molecule has 2 N–H and O–H groups in total. The van der Waals surface area contributed by atoms with Crippen molar-refractivity contribution < 1.29 is 24.2 Å². The second-order valence-corrected chi connectivity index (χ2v) is 9.98. The van der Waals surface area contributed by atoms with E-state index in [9.17, 15) is 14.4 Å². The van der Waals surface area contributed by atoms with Crippen LogP contribution in [-0.4, -0.2) is 35.6 Å². The Balaban J connectivity index is 3.99. The molecule has 0 spiro atoms. The van der Waals surface area contributed by atoms with E-state index in [-0.39, 0.29) is 18.7 Å². The SMILES string of the molecule is CCCCCCCCCCCCOC(=O)C(CCC(=O)O)NC(=O)CCCCCCCCCCC. The first kappa shape index (κ1) is 33.4. The topological polar surface area (TPSA) is 92.7 Å². The molecule has 35 heavy (non-hydrogen) atoms. The summed E-state index contributed by atoms with van der Waals surface area (Å²) in [5, 5.41) is 11.7. The number of amides is 1. The Morgan fingerprint density at radius 2 is 1.06 bits per heavy atom. The molecule has 0 radical (unpaired) electrons. The molecule has 0 aromatic rings. The molecule has 0 aromatic heterocycles. The lowest BCUT2D eigenvalue weighted by atomic mass is 10.1. The first-order chi connectivity index (χ1) is 17.0. The van der Waals surface area contributed by atoms with E-state index < -0.39 is 18.0 Å². The summed E-state index contributed by atoms with van der Waals surface area (Å²) >= 11 is 0. The Morgan fingerprint density at radius 3 is 1.51 bits per heavy atom.